The van der Waals surface area contributed by atoms with Gasteiger partial charge in [-0.3, -0.25) is 14.3 Å². The number of benzene rings is 1. The smallest absolute Gasteiger partial charge is 0.246 e. The van der Waals surface area contributed by atoms with Crippen LogP contribution in [0.15, 0.2) is 54.7 Å². The van der Waals surface area contributed by atoms with Gasteiger partial charge in [0.1, 0.15) is 11.7 Å². The van der Waals surface area contributed by atoms with Gasteiger partial charge in [-0.05, 0) is 24.6 Å². The fourth-order valence-electron chi connectivity index (χ4n) is 3.07. The second-order valence-electron chi connectivity index (χ2n) is 5.88. The number of carbonyl (C=O) groups is 1. The Balaban J connectivity index is 1.67. The number of hydrogen-bond donors (Lipinski definition) is 0. The van der Waals surface area contributed by atoms with Crippen LogP contribution in [0.25, 0.3) is 11.5 Å². The molecule has 4 rings (SSSR count). The van der Waals surface area contributed by atoms with E-state index in [0.717, 1.165) is 17.1 Å². The molecule has 0 spiro atoms. The van der Waals surface area contributed by atoms with Gasteiger partial charge in [0.05, 0.1) is 6.54 Å². The molecular formula is C18H17N5O. The van der Waals surface area contributed by atoms with E-state index in [1.165, 1.54) is 0 Å². The summed E-state index contributed by atoms with van der Waals surface area (Å²) in [6.45, 7) is 2.92. The summed E-state index contributed by atoms with van der Waals surface area (Å²) in [5.41, 5.74) is 1.84. The highest BCUT2D eigenvalue weighted by molar-refractivity contribution is 5.81. The van der Waals surface area contributed by atoms with Gasteiger partial charge >= 0.3 is 0 Å². The third-order valence-corrected chi connectivity index (χ3v) is 4.27. The lowest BCUT2D eigenvalue weighted by atomic mass is 10.1. The minimum Gasteiger partial charge on any atom is -0.329 e. The highest BCUT2D eigenvalue weighted by Crippen LogP contribution is 2.28. The number of hydrogen-bond acceptors (Lipinski definition) is 4. The second kappa shape index (κ2) is 5.88. The third kappa shape index (κ3) is 2.46. The molecule has 1 atom stereocenters. The van der Waals surface area contributed by atoms with Crippen molar-refractivity contribution >= 4 is 5.91 Å². The van der Waals surface area contributed by atoms with Crippen LogP contribution in [0, 0.1) is 0 Å². The van der Waals surface area contributed by atoms with Gasteiger partial charge in [-0.15, -0.1) is 10.2 Å². The van der Waals surface area contributed by atoms with E-state index in [4.69, 9.17) is 0 Å². The van der Waals surface area contributed by atoms with Crippen molar-refractivity contribution in [3.63, 3.8) is 0 Å². The summed E-state index contributed by atoms with van der Waals surface area (Å²) in [5, 5.41) is 8.55. The highest BCUT2D eigenvalue weighted by atomic mass is 16.2. The van der Waals surface area contributed by atoms with E-state index in [1.807, 2.05) is 64.9 Å². The molecule has 0 N–H and O–H groups in total. The molecule has 0 saturated heterocycles. The Kier molecular flexibility index (Phi) is 3.57. The van der Waals surface area contributed by atoms with Gasteiger partial charge in [0.15, 0.2) is 11.6 Å². The zero-order valence-electron chi connectivity index (χ0n) is 13.3. The molecule has 2 aromatic heterocycles. The predicted molar refractivity (Wildman–Crippen MR) is 88.7 cm³/mol. The number of carbonyl (C=O) groups excluding carboxylic acids is 1. The molecule has 1 aromatic carbocycles. The van der Waals surface area contributed by atoms with Crippen LogP contribution in [0.2, 0.25) is 0 Å². The van der Waals surface area contributed by atoms with Crippen LogP contribution in [0.3, 0.4) is 0 Å². The summed E-state index contributed by atoms with van der Waals surface area (Å²) in [6.07, 6.45) is 1.72. The van der Waals surface area contributed by atoms with Gasteiger partial charge in [-0.25, -0.2) is 0 Å². The molecule has 0 saturated carbocycles. The van der Waals surface area contributed by atoms with Gasteiger partial charge in [0.25, 0.3) is 0 Å². The van der Waals surface area contributed by atoms with Gasteiger partial charge < -0.3 is 4.90 Å². The quantitative estimate of drug-likeness (QED) is 0.744. The van der Waals surface area contributed by atoms with E-state index in [2.05, 4.69) is 15.2 Å². The molecule has 6 heteroatoms. The molecular weight excluding hydrogens is 302 g/mol. The molecule has 3 heterocycles. The Morgan fingerprint density at radius 2 is 1.88 bits per heavy atom. The van der Waals surface area contributed by atoms with Crippen molar-refractivity contribution in [2.24, 2.45) is 0 Å². The van der Waals surface area contributed by atoms with Crippen LogP contribution in [-0.2, 0) is 17.9 Å². The van der Waals surface area contributed by atoms with Crippen LogP contribution in [0.4, 0.5) is 0 Å². The molecule has 0 radical (unpaired) electrons. The Morgan fingerprint density at radius 3 is 2.62 bits per heavy atom. The Labute approximate surface area is 139 Å². The molecule has 1 aliphatic heterocycles. The number of amides is 1. The minimum absolute atomic E-state index is 0.0725. The summed E-state index contributed by atoms with van der Waals surface area (Å²) < 4.78 is 1.90. The van der Waals surface area contributed by atoms with Gasteiger partial charge in [-0.1, -0.05) is 36.4 Å². The Bertz CT molecular complexity index is 860. The van der Waals surface area contributed by atoms with Crippen molar-refractivity contribution in [2.45, 2.75) is 26.1 Å². The number of pyridine rings is 1. The largest absolute Gasteiger partial charge is 0.329 e. The SMILES string of the molecule is C[C@@H]1C(=O)N(Cc2ccccc2)Cc2nnc(-c3ccccn3)n21. The van der Waals surface area contributed by atoms with Crippen molar-refractivity contribution in [2.75, 3.05) is 0 Å². The van der Waals surface area contributed by atoms with Crippen molar-refractivity contribution < 1.29 is 4.79 Å². The maximum atomic E-state index is 12.8. The summed E-state index contributed by atoms with van der Waals surface area (Å²) >= 11 is 0. The lowest BCUT2D eigenvalue weighted by Gasteiger charge is -2.32. The standard InChI is InChI=1S/C18H17N5O/c1-13-18(24)22(11-14-7-3-2-4-8-14)12-16-20-21-17(23(13)16)15-9-5-6-10-19-15/h2-10,13H,11-12H2,1H3/t13-/m1/s1. The van der Waals surface area contributed by atoms with Crippen molar-refractivity contribution in [3.05, 3.63) is 66.1 Å². The van der Waals surface area contributed by atoms with E-state index in [9.17, 15) is 4.79 Å². The van der Waals surface area contributed by atoms with Crippen LogP contribution in [-0.4, -0.2) is 30.6 Å². The second-order valence-corrected chi connectivity index (χ2v) is 5.88. The van der Waals surface area contributed by atoms with E-state index in [1.54, 1.807) is 6.20 Å². The molecule has 24 heavy (non-hydrogen) atoms. The summed E-state index contributed by atoms with van der Waals surface area (Å²) in [5.74, 6) is 1.51. The lowest BCUT2D eigenvalue weighted by molar-refractivity contribution is -0.137. The first-order valence-corrected chi connectivity index (χ1v) is 7.92. The first-order valence-electron chi connectivity index (χ1n) is 7.92. The van der Waals surface area contributed by atoms with E-state index < -0.39 is 0 Å². The van der Waals surface area contributed by atoms with Crippen molar-refractivity contribution in [1.29, 1.82) is 0 Å². The van der Waals surface area contributed by atoms with Gasteiger partial charge in [0, 0.05) is 12.7 Å². The lowest BCUT2D eigenvalue weighted by Crippen LogP contribution is -2.41. The topological polar surface area (TPSA) is 63.9 Å². The molecule has 6 nitrogen and oxygen atoms in total. The Morgan fingerprint density at radius 1 is 1.08 bits per heavy atom. The highest BCUT2D eigenvalue weighted by Gasteiger charge is 2.33. The van der Waals surface area contributed by atoms with Gasteiger partial charge in [0.2, 0.25) is 5.91 Å². The molecule has 0 fully saturated rings. The molecule has 120 valence electrons. The zero-order valence-corrected chi connectivity index (χ0v) is 13.3. The molecule has 0 unspecified atom stereocenters. The van der Waals surface area contributed by atoms with Crippen LogP contribution in [0.5, 0.6) is 0 Å². The average molecular weight is 319 g/mol. The number of rotatable bonds is 3. The summed E-state index contributed by atoms with van der Waals surface area (Å²) in [7, 11) is 0. The zero-order chi connectivity index (χ0) is 16.5. The minimum atomic E-state index is -0.343. The van der Waals surface area contributed by atoms with Crippen LogP contribution < -0.4 is 0 Å². The first-order chi connectivity index (χ1) is 11.7. The number of nitrogens with zero attached hydrogens (tertiary/aromatic N) is 5. The average Bonchev–Trinajstić information content (AvgIpc) is 3.05. The number of aromatic nitrogens is 4. The van der Waals surface area contributed by atoms with Gasteiger partial charge in [-0.2, -0.15) is 0 Å². The maximum Gasteiger partial charge on any atom is 0.246 e. The van der Waals surface area contributed by atoms with Crippen LogP contribution >= 0.6 is 0 Å². The third-order valence-electron chi connectivity index (χ3n) is 4.27. The van der Waals surface area contributed by atoms with E-state index >= 15 is 0 Å². The van der Waals surface area contributed by atoms with Crippen molar-refractivity contribution in [3.8, 4) is 11.5 Å². The van der Waals surface area contributed by atoms with E-state index in [0.29, 0.717) is 18.9 Å². The summed E-state index contributed by atoms with van der Waals surface area (Å²) in [4.78, 5) is 19.0. The first kappa shape index (κ1) is 14.6. The fourth-order valence-corrected chi connectivity index (χ4v) is 3.07. The molecule has 3 aromatic rings. The van der Waals surface area contributed by atoms with Crippen LogP contribution in [0.1, 0.15) is 24.4 Å². The molecule has 0 aliphatic carbocycles. The molecule has 1 aliphatic rings. The maximum absolute atomic E-state index is 12.8. The predicted octanol–water partition coefficient (Wildman–Crippen LogP) is 2.44. The fraction of sp³-hybridized carbons (Fsp3) is 0.222. The van der Waals surface area contributed by atoms with E-state index in [-0.39, 0.29) is 11.9 Å². The molecule has 0 bridgehead atoms. The summed E-state index contributed by atoms with van der Waals surface area (Å²) in [6, 6.07) is 15.3. The molecule has 1 amide bonds. The number of fused-ring (bicyclic) bond motifs is 1. The monoisotopic (exact) mass is 319 g/mol. The normalized spacial score (nSPS) is 17.0. The van der Waals surface area contributed by atoms with Crippen molar-refractivity contribution in [1.82, 2.24) is 24.6 Å². The Hall–Kier alpha value is -3.02.